The molecule has 21 heavy (non-hydrogen) atoms. The minimum atomic E-state index is -3.56. The standard InChI is InChI=1S/C14H24N2O4S/c1-4-19-10(2)8-16-21(17,18)14-7-13(20-11(14)3)9-15-12-5-6-12/h7,10,12,15-16H,4-6,8-9H2,1-3H3. The normalized spacial score (nSPS) is 17.1. The van der Waals surface area contributed by atoms with Gasteiger partial charge in [0.2, 0.25) is 10.0 Å². The van der Waals surface area contributed by atoms with Crippen LogP contribution in [0.25, 0.3) is 0 Å². The second-order valence-electron chi connectivity index (χ2n) is 5.41. The summed E-state index contributed by atoms with van der Waals surface area (Å²) in [5.41, 5.74) is 0. The fraction of sp³-hybridized carbons (Fsp3) is 0.714. The summed E-state index contributed by atoms with van der Waals surface area (Å²) in [6.45, 7) is 6.75. The molecule has 2 N–H and O–H groups in total. The minimum absolute atomic E-state index is 0.159. The van der Waals surface area contributed by atoms with Crippen LogP contribution in [0.3, 0.4) is 0 Å². The fourth-order valence-corrected chi connectivity index (χ4v) is 3.38. The van der Waals surface area contributed by atoms with Gasteiger partial charge in [-0.1, -0.05) is 0 Å². The van der Waals surface area contributed by atoms with Gasteiger partial charge in [-0.25, -0.2) is 13.1 Å². The molecule has 2 rings (SSSR count). The van der Waals surface area contributed by atoms with Crippen LogP contribution in [0.5, 0.6) is 0 Å². The second kappa shape index (κ2) is 6.91. The molecular formula is C14H24N2O4S. The lowest BCUT2D eigenvalue weighted by molar-refractivity contribution is 0.0799. The highest BCUT2D eigenvalue weighted by molar-refractivity contribution is 7.89. The summed E-state index contributed by atoms with van der Waals surface area (Å²) < 4.78 is 38.0. The van der Waals surface area contributed by atoms with Crippen molar-refractivity contribution in [3.8, 4) is 0 Å². The van der Waals surface area contributed by atoms with Gasteiger partial charge in [-0.3, -0.25) is 0 Å². The van der Waals surface area contributed by atoms with Crippen LogP contribution in [-0.2, 0) is 21.3 Å². The summed E-state index contributed by atoms with van der Waals surface area (Å²) in [5.74, 6) is 1.07. The van der Waals surface area contributed by atoms with E-state index in [4.69, 9.17) is 9.15 Å². The SMILES string of the molecule is CCOC(C)CNS(=O)(=O)c1cc(CNC2CC2)oc1C. The molecule has 0 spiro atoms. The highest BCUT2D eigenvalue weighted by Crippen LogP contribution is 2.22. The first-order chi connectivity index (χ1) is 9.92. The van der Waals surface area contributed by atoms with Crippen LogP contribution in [0.4, 0.5) is 0 Å². The maximum Gasteiger partial charge on any atom is 0.244 e. The fourth-order valence-electron chi connectivity index (χ4n) is 2.06. The lowest BCUT2D eigenvalue weighted by Crippen LogP contribution is -2.32. The summed E-state index contributed by atoms with van der Waals surface area (Å²) in [6.07, 6.45) is 2.21. The molecule has 1 atom stereocenters. The van der Waals surface area contributed by atoms with E-state index in [0.29, 0.717) is 30.7 Å². The molecule has 120 valence electrons. The van der Waals surface area contributed by atoms with Crippen LogP contribution >= 0.6 is 0 Å². The average Bonchev–Trinajstić information content (AvgIpc) is 3.17. The quantitative estimate of drug-likeness (QED) is 0.722. The van der Waals surface area contributed by atoms with Gasteiger partial charge >= 0.3 is 0 Å². The number of sulfonamides is 1. The summed E-state index contributed by atoms with van der Waals surface area (Å²) in [6, 6.07) is 2.15. The third-order valence-corrected chi connectivity index (χ3v) is 4.90. The second-order valence-corrected chi connectivity index (χ2v) is 7.14. The molecule has 1 heterocycles. The van der Waals surface area contributed by atoms with Crippen molar-refractivity contribution in [3.05, 3.63) is 17.6 Å². The highest BCUT2D eigenvalue weighted by atomic mass is 32.2. The molecule has 1 aromatic rings. The van der Waals surface area contributed by atoms with E-state index in [0.717, 1.165) is 0 Å². The zero-order valence-corrected chi connectivity index (χ0v) is 13.6. The van der Waals surface area contributed by atoms with E-state index in [2.05, 4.69) is 10.0 Å². The molecule has 1 aliphatic rings. The summed E-state index contributed by atoms with van der Waals surface area (Å²) in [7, 11) is -3.56. The molecule has 0 saturated heterocycles. The molecule has 1 unspecified atom stereocenters. The molecule has 0 aliphatic heterocycles. The number of rotatable bonds is 9. The summed E-state index contributed by atoms with van der Waals surface area (Å²) in [5, 5.41) is 3.30. The van der Waals surface area contributed by atoms with Crippen molar-refractivity contribution in [2.75, 3.05) is 13.2 Å². The van der Waals surface area contributed by atoms with Gasteiger partial charge in [-0.05, 0) is 33.6 Å². The maximum atomic E-state index is 12.3. The number of hydrogen-bond acceptors (Lipinski definition) is 5. The van der Waals surface area contributed by atoms with Crippen molar-refractivity contribution in [3.63, 3.8) is 0 Å². The minimum Gasteiger partial charge on any atom is -0.464 e. The largest absolute Gasteiger partial charge is 0.464 e. The van der Waals surface area contributed by atoms with Crippen LogP contribution in [0.1, 0.15) is 38.2 Å². The highest BCUT2D eigenvalue weighted by Gasteiger charge is 2.24. The van der Waals surface area contributed by atoms with Gasteiger partial charge in [-0.2, -0.15) is 0 Å². The van der Waals surface area contributed by atoms with Crippen molar-refractivity contribution >= 4 is 10.0 Å². The third-order valence-electron chi connectivity index (χ3n) is 3.37. The van der Waals surface area contributed by atoms with E-state index in [1.165, 1.54) is 12.8 Å². The molecule has 0 amide bonds. The number of furan rings is 1. The first-order valence-corrected chi connectivity index (χ1v) is 8.84. The van der Waals surface area contributed by atoms with Gasteiger partial charge in [0, 0.05) is 25.3 Å². The van der Waals surface area contributed by atoms with E-state index < -0.39 is 10.0 Å². The molecule has 1 aliphatic carbocycles. The molecule has 1 aromatic heterocycles. The number of ether oxygens (including phenoxy) is 1. The number of hydrogen-bond donors (Lipinski definition) is 2. The van der Waals surface area contributed by atoms with Gasteiger partial charge in [0.05, 0.1) is 12.6 Å². The Morgan fingerprint density at radius 3 is 2.81 bits per heavy atom. The molecule has 1 fully saturated rings. The predicted molar refractivity (Wildman–Crippen MR) is 79.6 cm³/mol. The summed E-state index contributed by atoms with van der Waals surface area (Å²) >= 11 is 0. The lowest BCUT2D eigenvalue weighted by Gasteiger charge is -2.12. The monoisotopic (exact) mass is 316 g/mol. The Bertz CT molecular complexity index is 564. The van der Waals surface area contributed by atoms with E-state index in [1.807, 2.05) is 13.8 Å². The van der Waals surface area contributed by atoms with Gasteiger partial charge in [0.15, 0.2) is 0 Å². The molecule has 7 heteroatoms. The zero-order valence-electron chi connectivity index (χ0n) is 12.8. The van der Waals surface area contributed by atoms with Crippen LogP contribution in [0.2, 0.25) is 0 Å². The van der Waals surface area contributed by atoms with Gasteiger partial charge in [0.1, 0.15) is 16.4 Å². The Labute approximate surface area is 126 Å². The van der Waals surface area contributed by atoms with Crippen LogP contribution in [-0.4, -0.2) is 33.7 Å². The van der Waals surface area contributed by atoms with Crippen LogP contribution in [0.15, 0.2) is 15.4 Å². The van der Waals surface area contributed by atoms with E-state index in [9.17, 15) is 8.42 Å². The van der Waals surface area contributed by atoms with Gasteiger partial charge in [0.25, 0.3) is 0 Å². The van der Waals surface area contributed by atoms with E-state index in [-0.39, 0.29) is 17.5 Å². The van der Waals surface area contributed by atoms with E-state index >= 15 is 0 Å². The van der Waals surface area contributed by atoms with Gasteiger partial charge < -0.3 is 14.5 Å². The first-order valence-electron chi connectivity index (χ1n) is 7.36. The van der Waals surface area contributed by atoms with Crippen molar-refractivity contribution in [2.24, 2.45) is 0 Å². The molecule has 0 bridgehead atoms. The predicted octanol–water partition coefficient (Wildman–Crippen LogP) is 1.54. The Balaban J connectivity index is 1.97. The molecular weight excluding hydrogens is 292 g/mol. The van der Waals surface area contributed by atoms with Crippen molar-refractivity contribution in [1.82, 2.24) is 10.0 Å². The third kappa shape index (κ3) is 4.81. The Hall–Kier alpha value is -0.890. The zero-order chi connectivity index (χ0) is 15.5. The van der Waals surface area contributed by atoms with Crippen LogP contribution < -0.4 is 10.0 Å². The Kier molecular flexibility index (Phi) is 5.43. The van der Waals surface area contributed by atoms with Crippen LogP contribution in [0, 0.1) is 6.92 Å². The van der Waals surface area contributed by atoms with Crippen molar-refractivity contribution in [2.45, 2.75) is 57.2 Å². The first kappa shape index (κ1) is 16.5. The van der Waals surface area contributed by atoms with E-state index in [1.54, 1.807) is 13.0 Å². The van der Waals surface area contributed by atoms with Crippen molar-refractivity contribution < 1.29 is 17.6 Å². The van der Waals surface area contributed by atoms with Crippen molar-refractivity contribution in [1.29, 1.82) is 0 Å². The number of aryl methyl sites for hydroxylation is 1. The lowest BCUT2D eigenvalue weighted by atomic mass is 10.4. The number of nitrogens with one attached hydrogen (secondary N) is 2. The Morgan fingerprint density at radius 1 is 1.48 bits per heavy atom. The molecule has 0 radical (unpaired) electrons. The summed E-state index contributed by atoms with van der Waals surface area (Å²) in [4.78, 5) is 0.207. The maximum absolute atomic E-state index is 12.3. The smallest absolute Gasteiger partial charge is 0.244 e. The molecule has 6 nitrogen and oxygen atoms in total. The Morgan fingerprint density at radius 2 is 2.19 bits per heavy atom. The topological polar surface area (TPSA) is 80.6 Å². The molecule has 1 saturated carbocycles. The molecule has 0 aromatic carbocycles. The average molecular weight is 316 g/mol. The van der Waals surface area contributed by atoms with Gasteiger partial charge in [-0.15, -0.1) is 0 Å².